The number of ether oxygens (including phenoxy) is 1. The molecule has 0 N–H and O–H groups in total. The Morgan fingerprint density at radius 1 is 1.23 bits per heavy atom. The van der Waals surface area contributed by atoms with Gasteiger partial charge in [-0.2, -0.15) is 0 Å². The van der Waals surface area contributed by atoms with Crippen molar-refractivity contribution in [3.63, 3.8) is 0 Å². The van der Waals surface area contributed by atoms with Gasteiger partial charge in [-0.05, 0) is 48.4 Å². The topological polar surface area (TPSA) is 69.7 Å². The molecular weight excluding hydrogens is 370 g/mol. The van der Waals surface area contributed by atoms with E-state index in [9.17, 15) is 14.7 Å². The van der Waals surface area contributed by atoms with E-state index in [1.54, 1.807) is 44.4 Å². The second kappa shape index (κ2) is 7.31. The summed E-state index contributed by atoms with van der Waals surface area (Å²) in [5.74, 6) is -0.850. The van der Waals surface area contributed by atoms with Crippen molar-refractivity contribution in [2.45, 2.75) is 6.92 Å². The molecule has 0 aromatic heterocycles. The summed E-state index contributed by atoms with van der Waals surface area (Å²) in [5, 5.41) is 11.2. The number of rotatable bonds is 4. The maximum Gasteiger partial charge on any atom is 0.270 e. The van der Waals surface area contributed by atoms with Crippen LogP contribution in [0.1, 0.15) is 21.5 Å². The number of carbonyl (C=O) groups excluding carboxylic acids is 2. The highest BCUT2D eigenvalue weighted by Gasteiger charge is 2.33. The normalized spacial score (nSPS) is 15.6. The fraction of sp³-hybridized carbons (Fsp3) is 0.105. The summed E-state index contributed by atoms with van der Waals surface area (Å²) in [4.78, 5) is 25.8. The smallest absolute Gasteiger partial charge is 0.270 e. The molecule has 1 aliphatic heterocycles. The lowest BCUT2D eigenvalue weighted by molar-refractivity contribution is -0.255. The molecular formula is C19H14NO4S2-. The second-order valence-electron chi connectivity index (χ2n) is 5.58. The van der Waals surface area contributed by atoms with Gasteiger partial charge in [0.1, 0.15) is 5.75 Å². The van der Waals surface area contributed by atoms with Crippen LogP contribution >= 0.6 is 24.0 Å². The lowest BCUT2D eigenvalue weighted by Crippen LogP contribution is -2.29. The van der Waals surface area contributed by atoms with Gasteiger partial charge in [-0.1, -0.05) is 42.2 Å². The maximum atomic E-state index is 12.8. The van der Waals surface area contributed by atoms with Crippen molar-refractivity contribution in [1.29, 1.82) is 0 Å². The van der Waals surface area contributed by atoms with Gasteiger partial charge in [0.05, 0.1) is 23.7 Å². The van der Waals surface area contributed by atoms with E-state index in [2.05, 4.69) is 0 Å². The van der Waals surface area contributed by atoms with E-state index in [-0.39, 0.29) is 11.5 Å². The Hall–Kier alpha value is -2.64. The number of thioether (sulfide) groups is 1. The monoisotopic (exact) mass is 384 g/mol. The fourth-order valence-corrected chi connectivity index (χ4v) is 3.81. The summed E-state index contributed by atoms with van der Waals surface area (Å²) >= 11 is 6.49. The highest BCUT2D eigenvalue weighted by atomic mass is 32.2. The average molecular weight is 384 g/mol. The van der Waals surface area contributed by atoms with Crippen molar-refractivity contribution in [3.8, 4) is 5.75 Å². The summed E-state index contributed by atoms with van der Waals surface area (Å²) in [5.41, 5.74) is 1.85. The number of amides is 1. The van der Waals surface area contributed by atoms with Crippen LogP contribution in [-0.2, 0) is 4.79 Å². The highest BCUT2D eigenvalue weighted by Crippen LogP contribution is 2.36. The number of hydrogen-bond donors (Lipinski definition) is 0. The van der Waals surface area contributed by atoms with Gasteiger partial charge in [0.25, 0.3) is 5.91 Å². The molecule has 0 saturated carbocycles. The van der Waals surface area contributed by atoms with E-state index in [0.717, 1.165) is 11.3 Å². The molecule has 0 unspecified atom stereocenters. The molecule has 1 saturated heterocycles. The van der Waals surface area contributed by atoms with E-state index in [1.807, 2.05) is 12.1 Å². The molecule has 1 fully saturated rings. The molecule has 7 heteroatoms. The lowest BCUT2D eigenvalue weighted by Gasteiger charge is -2.17. The number of carbonyl (C=O) groups is 2. The first-order chi connectivity index (χ1) is 12.4. The molecule has 1 aliphatic rings. The molecule has 0 bridgehead atoms. The van der Waals surface area contributed by atoms with Crippen molar-refractivity contribution in [2.75, 3.05) is 12.0 Å². The molecule has 0 atom stereocenters. The largest absolute Gasteiger partial charge is 0.545 e. The predicted octanol–water partition coefficient (Wildman–Crippen LogP) is 2.77. The minimum atomic E-state index is -1.29. The lowest BCUT2D eigenvalue weighted by atomic mass is 10.1. The van der Waals surface area contributed by atoms with Crippen molar-refractivity contribution < 1.29 is 19.4 Å². The first kappa shape index (κ1) is 18.2. The van der Waals surface area contributed by atoms with Crippen LogP contribution in [0.5, 0.6) is 5.75 Å². The first-order valence-electron chi connectivity index (χ1n) is 7.64. The Balaban J connectivity index is 1.92. The van der Waals surface area contributed by atoms with Crippen LogP contribution in [0.15, 0.2) is 47.4 Å². The predicted molar refractivity (Wildman–Crippen MR) is 104 cm³/mol. The number of nitrogens with zero attached hydrogens (tertiary/aromatic N) is 1. The van der Waals surface area contributed by atoms with Crippen molar-refractivity contribution in [3.05, 3.63) is 64.1 Å². The zero-order chi connectivity index (χ0) is 18.8. The molecule has 2 aromatic rings. The number of benzene rings is 2. The Bertz CT molecular complexity index is 935. The van der Waals surface area contributed by atoms with Crippen molar-refractivity contribution in [1.82, 2.24) is 0 Å². The minimum Gasteiger partial charge on any atom is -0.545 e. The molecule has 132 valence electrons. The second-order valence-corrected chi connectivity index (χ2v) is 7.25. The summed E-state index contributed by atoms with van der Waals surface area (Å²) in [7, 11) is 1.59. The van der Waals surface area contributed by atoms with Crippen LogP contribution in [0.3, 0.4) is 0 Å². The quantitative estimate of drug-likeness (QED) is 0.596. The zero-order valence-corrected chi connectivity index (χ0v) is 15.6. The number of aryl methyl sites for hydroxylation is 1. The van der Waals surface area contributed by atoms with Gasteiger partial charge < -0.3 is 14.6 Å². The van der Waals surface area contributed by atoms with Crippen molar-refractivity contribution in [2.24, 2.45) is 0 Å². The van der Waals surface area contributed by atoms with Gasteiger partial charge in [0.2, 0.25) is 0 Å². The Morgan fingerprint density at radius 3 is 2.54 bits per heavy atom. The number of anilines is 1. The first-order valence-corrected chi connectivity index (χ1v) is 8.87. The molecule has 0 aliphatic carbocycles. The van der Waals surface area contributed by atoms with E-state index in [1.165, 1.54) is 22.7 Å². The zero-order valence-electron chi connectivity index (χ0n) is 14.0. The van der Waals surface area contributed by atoms with Gasteiger partial charge >= 0.3 is 0 Å². The number of carboxylic acid groups (broad SMARTS) is 1. The molecule has 26 heavy (non-hydrogen) atoms. The Kier molecular flexibility index (Phi) is 5.11. The summed E-state index contributed by atoms with van der Waals surface area (Å²) < 4.78 is 5.47. The van der Waals surface area contributed by atoms with Crippen LogP contribution in [-0.4, -0.2) is 23.3 Å². The average Bonchev–Trinajstić information content (AvgIpc) is 2.89. The van der Waals surface area contributed by atoms with Crippen LogP contribution < -0.4 is 14.7 Å². The van der Waals surface area contributed by atoms with E-state index in [0.29, 0.717) is 20.5 Å². The standard InChI is InChI=1S/C19H15NO4S2/c1-11-3-6-13(10-15(11)18(22)23)20-17(21)16(26-19(20)25)9-12-4-7-14(24-2)8-5-12/h3-10H,1-2H3,(H,22,23)/p-1/b16-9-. The van der Waals surface area contributed by atoms with Gasteiger partial charge in [-0.3, -0.25) is 9.69 Å². The van der Waals surface area contributed by atoms with Gasteiger partial charge in [-0.25, -0.2) is 0 Å². The van der Waals surface area contributed by atoms with E-state index in [4.69, 9.17) is 17.0 Å². The third kappa shape index (κ3) is 3.49. The molecule has 1 heterocycles. The summed E-state index contributed by atoms with van der Waals surface area (Å²) in [6, 6.07) is 12.0. The Labute approximate surface area is 160 Å². The summed E-state index contributed by atoms with van der Waals surface area (Å²) in [6.07, 6.45) is 1.74. The molecule has 5 nitrogen and oxygen atoms in total. The molecule has 1 amide bonds. The third-order valence-electron chi connectivity index (χ3n) is 3.91. The van der Waals surface area contributed by atoms with Crippen molar-refractivity contribution >= 4 is 51.9 Å². The van der Waals surface area contributed by atoms with E-state index >= 15 is 0 Å². The van der Waals surface area contributed by atoms with Crippen LogP contribution in [0.25, 0.3) is 6.08 Å². The molecule has 2 aromatic carbocycles. The Morgan fingerprint density at radius 2 is 1.92 bits per heavy atom. The molecule has 3 rings (SSSR count). The molecule has 0 spiro atoms. The third-order valence-corrected chi connectivity index (χ3v) is 5.21. The number of carboxylic acids is 1. The van der Waals surface area contributed by atoms with Crippen LogP contribution in [0.4, 0.5) is 5.69 Å². The SMILES string of the molecule is COc1ccc(/C=C2\SC(=S)N(c3ccc(C)c(C(=O)[O-])c3)C2=O)cc1. The van der Waals surface area contributed by atoms with Crippen LogP contribution in [0, 0.1) is 6.92 Å². The number of methoxy groups -OCH3 is 1. The van der Waals surface area contributed by atoms with Crippen LogP contribution in [0.2, 0.25) is 0 Å². The molecule has 0 radical (unpaired) electrons. The van der Waals surface area contributed by atoms with Gasteiger partial charge in [0.15, 0.2) is 4.32 Å². The highest BCUT2D eigenvalue weighted by molar-refractivity contribution is 8.27. The number of aromatic carboxylic acids is 1. The number of thiocarbonyl (C=S) groups is 1. The van der Waals surface area contributed by atoms with Gasteiger partial charge in [0, 0.05) is 5.56 Å². The maximum absolute atomic E-state index is 12.8. The fourth-order valence-electron chi connectivity index (χ4n) is 2.51. The van der Waals surface area contributed by atoms with Gasteiger partial charge in [-0.15, -0.1) is 0 Å². The van der Waals surface area contributed by atoms with E-state index < -0.39 is 5.97 Å². The minimum absolute atomic E-state index is 0.0377. The number of hydrogen-bond acceptors (Lipinski definition) is 6. The summed E-state index contributed by atoms with van der Waals surface area (Å²) in [6.45, 7) is 1.67.